The van der Waals surface area contributed by atoms with Crippen molar-refractivity contribution in [3.05, 3.63) is 35.9 Å². The Morgan fingerprint density at radius 3 is 2.36 bits per heavy atom. The summed E-state index contributed by atoms with van der Waals surface area (Å²) in [5, 5.41) is 17.2. The molecule has 134 valence electrons. The Labute approximate surface area is 148 Å². The average molecular weight is 360 g/mol. The van der Waals surface area contributed by atoms with Gasteiger partial charge in [-0.2, -0.15) is 0 Å². The second kappa shape index (κ2) is 7.49. The molecule has 25 heavy (non-hydrogen) atoms. The lowest BCUT2D eigenvalue weighted by Crippen LogP contribution is -2.19. The minimum absolute atomic E-state index is 0.118. The van der Waals surface area contributed by atoms with Crippen LogP contribution in [0.5, 0.6) is 0 Å². The number of rotatable bonds is 4. The second-order valence-electron chi connectivity index (χ2n) is 6.66. The van der Waals surface area contributed by atoms with Crippen LogP contribution < -0.4 is 10.5 Å². The van der Waals surface area contributed by atoms with E-state index in [1.54, 1.807) is 19.1 Å². The first-order valence-electron chi connectivity index (χ1n) is 8.67. The zero-order chi connectivity index (χ0) is 17.9. The lowest BCUT2D eigenvalue weighted by Gasteiger charge is -2.16. The molecule has 1 aliphatic rings. The molecule has 7 heteroatoms. The molecule has 3 rings (SSSR count). The number of aromatic nitrogens is 2. The summed E-state index contributed by atoms with van der Waals surface area (Å²) in [5.74, 6) is 0.759. The van der Waals surface area contributed by atoms with E-state index < -0.39 is 10.0 Å². The van der Waals surface area contributed by atoms with Gasteiger partial charge in [-0.05, 0) is 43.5 Å². The molecule has 1 aromatic heterocycles. The third kappa shape index (κ3) is 4.55. The molecule has 0 aliphatic heterocycles. The summed E-state index contributed by atoms with van der Waals surface area (Å²) in [5.41, 5.74) is 1.92. The number of hydrogen-bond acceptors (Lipinski definition) is 5. The first kappa shape index (κ1) is 17.8. The zero-order valence-electron chi connectivity index (χ0n) is 14.4. The Kier molecular flexibility index (Phi) is 5.34. The number of primary sulfonamides is 1. The molecule has 1 saturated carbocycles. The van der Waals surface area contributed by atoms with Gasteiger partial charge < -0.3 is 5.32 Å². The number of anilines is 1. The zero-order valence-corrected chi connectivity index (χ0v) is 15.2. The number of nitrogens with zero attached hydrogens (tertiary/aromatic N) is 2. The largest absolute Gasteiger partial charge is 0.366 e. The number of benzene rings is 1. The topological polar surface area (TPSA) is 98.0 Å². The normalized spacial score (nSPS) is 16.4. The van der Waals surface area contributed by atoms with Crippen molar-refractivity contribution in [1.29, 1.82) is 0 Å². The summed E-state index contributed by atoms with van der Waals surface area (Å²) in [6, 6.07) is 9.30. The molecule has 2 aromatic rings. The molecule has 3 N–H and O–H groups in total. The maximum Gasteiger partial charge on any atom is 0.238 e. The molecule has 0 amide bonds. The predicted molar refractivity (Wildman–Crippen MR) is 98.7 cm³/mol. The summed E-state index contributed by atoms with van der Waals surface area (Å²) in [6.45, 7) is 1.72. The molecule has 1 fully saturated rings. The highest BCUT2D eigenvalue weighted by Crippen LogP contribution is 2.24. The van der Waals surface area contributed by atoms with Crippen LogP contribution in [0.25, 0.3) is 11.3 Å². The highest BCUT2D eigenvalue weighted by atomic mass is 32.2. The van der Waals surface area contributed by atoms with Crippen molar-refractivity contribution in [1.82, 2.24) is 10.2 Å². The Morgan fingerprint density at radius 2 is 1.76 bits per heavy atom. The van der Waals surface area contributed by atoms with Crippen molar-refractivity contribution in [2.45, 2.75) is 56.4 Å². The van der Waals surface area contributed by atoms with Crippen LogP contribution in [0.1, 0.15) is 44.1 Å². The summed E-state index contributed by atoms with van der Waals surface area (Å²) < 4.78 is 23.3. The van der Waals surface area contributed by atoms with Crippen molar-refractivity contribution in [3.8, 4) is 11.3 Å². The molecule has 0 spiro atoms. The van der Waals surface area contributed by atoms with Crippen LogP contribution in [-0.2, 0) is 10.0 Å². The molecular weight excluding hydrogens is 336 g/mol. The highest BCUT2D eigenvalue weighted by Gasteiger charge is 2.15. The van der Waals surface area contributed by atoms with Crippen LogP contribution in [0, 0.1) is 6.92 Å². The minimum atomic E-state index is -3.76. The van der Waals surface area contributed by atoms with Crippen LogP contribution in [0.4, 0.5) is 5.82 Å². The fraction of sp³-hybridized carbons (Fsp3) is 0.444. The van der Waals surface area contributed by atoms with Crippen molar-refractivity contribution in [2.24, 2.45) is 5.14 Å². The van der Waals surface area contributed by atoms with Gasteiger partial charge >= 0.3 is 0 Å². The van der Waals surface area contributed by atoms with Crippen molar-refractivity contribution < 1.29 is 8.42 Å². The summed E-state index contributed by atoms with van der Waals surface area (Å²) >= 11 is 0. The summed E-state index contributed by atoms with van der Waals surface area (Å²) in [6.07, 6.45) is 7.45. The number of aryl methyl sites for hydroxylation is 1. The van der Waals surface area contributed by atoms with E-state index in [2.05, 4.69) is 15.5 Å². The van der Waals surface area contributed by atoms with Crippen molar-refractivity contribution >= 4 is 15.8 Å². The smallest absolute Gasteiger partial charge is 0.238 e. The molecule has 0 bridgehead atoms. The van der Waals surface area contributed by atoms with Gasteiger partial charge in [-0.15, -0.1) is 10.2 Å². The number of hydrogen-bond donors (Lipinski definition) is 2. The quantitative estimate of drug-likeness (QED) is 0.816. The molecule has 0 atom stereocenters. The maximum absolute atomic E-state index is 11.7. The maximum atomic E-state index is 11.7. The Bertz CT molecular complexity index is 827. The van der Waals surface area contributed by atoms with Gasteiger partial charge in [0, 0.05) is 11.6 Å². The van der Waals surface area contributed by atoms with E-state index in [1.807, 2.05) is 18.2 Å². The second-order valence-corrected chi connectivity index (χ2v) is 8.19. The predicted octanol–water partition coefficient (Wildman–Crippen LogP) is 3.23. The van der Waals surface area contributed by atoms with E-state index in [0.717, 1.165) is 5.82 Å². The number of sulfonamides is 1. The van der Waals surface area contributed by atoms with E-state index in [0.29, 0.717) is 22.9 Å². The van der Waals surface area contributed by atoms with Gasteiger partial charge in [-0.3, -0.25) is 0 Å². The molecule has 0 saturated heterocycles. The van der Waals surface area contributed by atoms with Crippen LogP contribution in [0.2, 0.25) is 0 Å². The molecule has 0 unspecified atom stereocenters. The Morgan fingerprint density at radius 1 is 1.04 bits per heavy atom. The fourth-order valence-corrected chi connectivity index (χ4v) is 4.07. The van der Waals surface area contributed by atoms with Crippen molar-refractivity contribution in [3.63, 3.8) is 0 Å². The monoisotopic (exact) mass is 360 g/mol. The lowest BCUT2D eigenvalue weighted by molar-refractivity contribution is 0.597. The first-order chi connectivity index (χ1) is 11.9. The van der Waals surface area contributed by atoms with Gasteiger partial charge in [-0.1, -0.05) is 37.8 Å². The molecule has 1 aliphatic carbocycles. The number of nitrogens with one attached hydrogen (secondary N) is 1. The van der Waals surface area contributed by atoms with E-state index in [-0.39, 0.29) is 4.90 Å². The van der Waals surface area contributed by atoms with Gasteiger partial charge in [0.2, 0.25) is 10.0 Å². The highest BCUT2D eigenvalue weighted by molar-refractivity contribution is 7.89. The van der Waals surface area contributed by atoms with Crippen LogP contribution in [-0.4, -0.2) is 24.7 Å². The number of nitrogens with two attached hydrogens (primary N) is 1. The third-order valence-corrected chi connectivity index (χ3v) is 5.72. The Hall–Kier alpha value is -1.99. The lowest BCUT2D eigenvalue weighted by atomic mass is 10.1. The molecule has 1 heterocycles. The first-order valence-corrected chi connectivity index (χ1v) is 10.2. The molecule has 0 radical (unpaired) electrons. The Balaban J connectivity index is 1.78. The van der Waals surface area contributed by atoms with Gasteiger partial charge in [0.15, 0.2) is 0 Å². The van der Waals surface area contributed by atoms with Gasteiger partial charge in [0.25, 0.3) is 0 Å². The van der Waals surface area contributed by atoms with Crippen LogP contribution in [0.3, 0.4) is 0 Å². The van der Waals surface area contributed by atoms with E-state index in [1.165, 1.54) is 38.5 Å². The fourth-order valence-electron chi connectivity index (χ4n) is 3.26. The average Bonchev–Trinajstić information content (AvgIpc) is 2.84. The van der Waals surface area contributed by atoms with Gasteiger partial charge in [-0.25, -0.2) is 13.6 Å². The molecule has 1 aromatic carbocycles. The molecule has 6 nitrogen and oxygen atoms in total. The van der Waals surface area contributed by atoms with Crippen LogP contribution in [0.15, 0.2) is 35.2 Å². The third-order valence-electron chi connectivity index (χ3n) is 4.66. The van der Waals surface area contributed by atoms with Gasteiger partial charge in [0.1, 0.15) is 5.82 Å². The summed E-state index contributed by atoms with van der Waals surface area (Å²) in [7, 11) is -3.76. The van der Waals surface area contributed by atoms with Gasteiger partial charge in [0.05, 0.1) is 10.6 Å². The van der Waals surface area contributed by atoms with Crippen LogP contribution >= 0.6 is 0 Å². The summed E-state index contributed by atoms with van der Waals surface area (Å²) in [4.78, 5) is 0.118. The minimum Gasteiger partial charge on any atom is -0.366 e. The van der Waals surface area contributed by atoms with E-state index in [4.69, 9.17) is 5.14 Å². The van der Waals surface area contributed by atoms with E-state index >= 15 is 0 Å². The standard InChI is InChI=1S/C18H24N4O2S/c1-13-8-9-14(12-17(13)25(19,23)24)16-10-11-18(22-21-16)20-15-6-4-2-3-5-7-15/h8-12,15H,2-7H2,1H3,(H,20,22)(H2,19,23,24). The van der Waals surface area contributed by atoms with Crippen molar-refractivity contribution in [2.75, 3.05) is 5.32 Å². The SMILES string of the molecule is Cc1ccc(-c2ccc(NC3CCCCCC3)nn2)cc1S(N)(=O)=O. The van der Waals surface area contributed by atoms with E-state index in [9.17, 15) is 8.42 Å². The molecular formula is C18H24N4O2S.